The van der Waals surface area contributed by atoms with E-state index in [0.29, 0.717) is 27.5 Å². The van der Waals surface area contributed by atoms with Crippen LogP contribution in [0.3, 0.4) is 0 Å². The molecule has 1 aliphatic rings. The van der Waals surface area contributed by atoms with Gasteiger partial charge >= 0.3 is 0 Å². The van der Waals surface area contributed by atoms with Gasteiger partial charge < -0.3 is 4.98 Å². The van der Waals surface area contributed by atoms with Crippen LogP contribution in [0.2, 0.25) is 0 Å². The predicted molar refractivity (Wildman–Crippen MR) is 102 cm³/mol. The van der Waals surface area contributed by atoms with Gasteiger partial charge in [0, 0.05) is 28.8 Å². The minimum absolute atomic E-state index is 0.0707. The standard InChI is InChI=1S/C17H15N5O2S2/c1-10-7-13(23)19-16(18-10)25-8-12-9-26-17-20-15(24)14(21-22(12)17)11-5-3-2-4-6-11/h2-7,12H,8-9H2,1H3,(H,18,19,23). The van der Waals surface area contributed by atoms with Gasteiger partial charge in [0.2, 0.25) is 0 Å². The van der Waals surface area contributed by atoms with E-state index >= 15 is 0 Å². The smallest absolute Gasteiger partial charge is 0.300 e. The Morgan fingerprint density at radius 3 is 2.85 bits per heavy atom. The van der Waals surface area contributed by atoms with Gasteiger partial charge in [0.15, 0.2) is 16.0 Å². The van der Waals surface area contributed by atoms with Crippen LogP contribution in [0.5, 0.6) is 0 Å². The Bertz CT molecular complexity index is 1060. The molecule has 2 aromatic heterocycles. The highest BCUT2D eigenvalue weighted by Gasteiger charge is 2.26. The summed E-state index contributed by atoms with van der Waals surface area (Å²) in [4.78, 5) is 35.1. The number of fused-ring (bicyclic) bond motifs is 1. The summed E-state index contributed by atoms with van der Waals surface area (Å²) in [6.07, 6.45) is 0. The first-order valence-corrected chi connectivity index (χ1v) is 9.97. The van der Waals surface area contributed by atoms with Gasteiger partial charge in [0.05, 0.1) is 6.04 Å². The third-order valence-electron chi connectivity index (χ3n) is 3.86. The zero-order valence-electron chi connectivity index (χ0n) is 13.9. The molecule has 0 fully saturated rings. The lowest BCUT2D eigenvalue weighted by atomic mass is 10.2. The molecular weight excluding hydrogens is 370 g/mol. The molecule has 132 valence electrons. The topological polar surface area (TPSA) is 93.5 Å². The van der Waals surface area contributed by atoms with Gasteiger partial charge in [0.25, 0.3) is 11.1 Å². The van der Waals surface area contributed by atoms with Gasteiger partial charge in [-0.05, 0) is 6.92 Å². The maximum atomic E-state index is 12.3. The maximum absolute atomic E-state index is 12.3. The number of aromatic nitrogens is 5. The van der Waals surface area contributed by atoms with Crippen molar-refractivity contribution in [3.8, 4) is 11.3 Å². The molecule has 1 atom stereocenters. The molecule has 1 unspecified atom stereocenters. The van der Waals surface area contributed by atoms with Crippen LogP contribution in [0, 0.1) is 6.92 Å². The van der Waals surface area contributed by atoms with Crippen molar-refractivity contribution in [3.63, 3.8) is 0 Å². The molecule has 0 saturated heterocycles. The van der Waals surface area contributed by atoms with Gasteiger partial charge in [-0.3, -0.25) is 9.59 Å². The summed E-state index contributed by atoms with van der Waals surface area (Å²) in [5, 5.41) is 5.79. The number of nitrogens with one attached hydrogen (secondary N) is 1. The van der Waals surface area contributed by atoms with E-state index in [0.717, 1.165) is 11.3 Å². The lowest BCUT2D eigenvalue weighted by Gasteiger charge is -2.13. The quantitative estimate of drug-likeness (QED) is 0.543. The third kappa shape index (κ3) is 3.45. The van der Waals surface area contributed by atoms with Gasteiger partial charge in [-0.2, -0.15) is 10.1 Å². The molecule has 4 rings (SSSR count). The zero-order chi connectivity index (χ0) is 18.1. The van der Waals surface area contributed by atoms with Crippen LogP contribution in [-0.2, 0) is 0 Å². The van der Waals surface area contributed by atoms with Crippen LogP contribution >= 0.6 is 23.5 Å². The Labute approximate surface area is 157 Å². The SMILES string of the molecule is Cc1cc(=O)[nH]c(SCC2CSc3nc(=O)c(-c4ccccc4)nn32)n1. The molecule has 0 spiro atoms. The van der Waals surface area contributed by atoms with E-state index in [1.807, 2.05) is 35.0 Å². The highest BCUT2D eigenvalue weighted by atomic mass is 32.2. The first kappa shape index (κ1) is 17.0. The van der Waals surface area contributed by atoms with Crippen molar-refractivity contribution in [3.05, 3.63) is 62.8 Å². The van der Waals surface area contributed by atoms with Crippen molar-refractivity contribution in [2.24, 2.45) is 0 Å². The van der Waals surface area contributed by atoms with E-state index in [9.17, 15) is 9.59 Å². The largest absolute Gasteiger partial charge is 0.301 e. The lowest BCUT2D eigenvalue weighted by molar-refractivity contribution is 0.488. The van der Waals surface area contributed by atoms with E-state index in [-0.39, 0.29) is 17.2 Å². The summed E-state index contributed by atoms with van der Waals surface area (Å²) in [6, 6.07) is 10.9. The maximum Gasteiger partial charge on any atom is 0.300 e. The summed E-state index contributed by atoms with van der Waals surface area (Å²) >= 11 is 2.99. The summed E-state index contributed by atoms with van der Waals surface area (Å²) in [5.74, 6) is 1.46. The van der Waals surface area contributed by atoms with Gasteiger partial charge in [0.1, 0.15) is 0 Å². The Balaban J connectivity index is 1.61. The zero-order valence-corrected chi connectivity index (χ0v) is 15.5. The van der Waals surface area contributed by atoms with E-state index in [1.165, 1.54) is 29.6 Å². The van der Waals surface area contributed by atoms with Crippen LogP contribution in [0.1, 0.15) is 11.7 Å². The number of aryl methyl sites for hydroxylation is 1. The monoisotopic (exact) mass is 385 g/mol. The summed E-state index contributed by atoms with van der Waals surface area (Å²) in [6.45, 7) is 1.79. The number of aromatic amines is 1. The molecule has 0 amide bonds. The Morgan fingerprint density at radius 1 is 1.27 bits per heavy atom. The minimum Gasteiger partial charge on any atom is -0.301 e. The molecule has 0 aliphatic carbocycles. The molecule has 0 radical (unpaired) electrons. The third-order valence-corrected chi connectivity index (χ3v) is 5.97. The molecule has 3 aromatic rings. The van der Waals surface area contributed by atoms with Gasteiger partial charge in [-0.1, -0.05) is 53.9 Å². The Morgan fingerprint density at radius 2 is 2.08 bits per heavy atom. The van der Waals surface area contributed by atoms with E-state index in [2.05, 4.69) is 20.1 Å². The molecule has 0 bridgehead atoms. The van der Waals surface area contributed by atoms with E-state index in [4.69, 9.17) is 0 Å². The number of benzene rings is 1. The highest BCUT2D eigenvalue weighted by molar-refractivity contribution is 8.00. The van der Waals surface area contributed by atoms with Crippen LogP contribution < -0.4 is 11.1 Å². The highest BCUT2D eigenvalue weighted by Crippen LogP contribution is 2.33. The van der Waals surface area contributed by atoms with E-state index < -0.39 is 0 Å². The predicted octanol–water partition coefficient (Wildman–Crippen LogP) is 2.14. The number of hydrogen-bond acceptors (Lipinski definition) is 7. The van der Waals surface area contributed by atoms with Crippen molar-refractivity contribution in [1.29, 1.82) is 0 Å². The molecule has 3 heterocycles. The van der Waals surface area contributed by atoms with Crippen LogP contribution in [0.25, 0.3) is 11.3 Å². The number of rotatable bonds is 4. The van der Waals surface area contributed by atoms with Crippen LogP contribution in [-0.4, -0.2) is 36.2 Å². The number of H-pyrrole nitrogens is 1. The number of hydrogen-bond donors (Lipinski definition) is 1. The first-order valence-electron chi connectivity index (χ1n) is 8.00. The van der Waals surface area contributed by atoms with Gasteiger partial charge in [-0.25, -0.2) is 9.67 Å². The lowest BCUT2D eigenvalue weighted by Crippen LogP contribution is -2.22. The average Bonchev–Trinajstić information content (AvgIpc) is 3.01. The normalized spacial score (nSPS) is 15.8. The fourth-order valence-corrected chi connectivity index (χ4v) is 4.86. The van der Waals surface area contributed by atoms with Gasteiger partial charge in [-0.15, -0.1) is 0 Å². The molecule has 0 saturated carbocycles. The minimum atomic E-state index is -0.312. The van der Waals surface area contributed by atoms with Crippen molar-refractivity contribution >= 4 is 23.5 Å². The molecule has 9 heteroatoms. The molecule has 1 N–H and O–H groups in total. The second-order valence-corrected chi connectivity index (χ2v) is 7.82. The first-order chi connectivity index (χ1) is 12.6. The van der Waals surface area contributed by atoms with Crippen molar-refractivity contribution < 1.29 is 0 Å². The summed E-state index contributed by atoms with van der Waals surface area (Å²) in [5.41, 5.74) is 1.33. The fourth-order valence-electron chi connectivity index (χ4n) is 2.65. The Kier molecular flexibility index (Phi) is 4.64. The van der Waals surface area contributed by atoms with Crippen molar-refractivity contribution in [2.45, 2.75) is 23.3 Å². The second-order valence-electron chi connectivity index (χ2n) is 5.83. The van der Waals surface area contributed by atoms with Crippen LogP contribution in [0.4, 0.5) is 0 Å². The molecule has 1 aliphatic heterocycles. The molecule has 26 heavy (non-hydrogen) atoms. The van der Waals surface area contributed by atoms with Crippen molar-refractivity contribution in [1.82, 2.24) is 24.7 Å². The Hall–Kier alpha value is -2.39. The number of thioether (sulfide) groups is 2. The molecular formula is C17H15N5O2S2. The number of nitrogens with zero attached hydrogens (tertiary/aromatic N) is 4. The summed E-state index contributed by atoms with van der Waals surface area (Å²) < 4.78 is 1.81. The fraction of sp³-hybridized carbons (Fsp3) is 0.235. The second kappa shape index (κ2) is 7.08. The van der Waals surface area contributed by atoms with E-state index in [1.54, 1.807) is 6.92 Å². The summed E-state index contributed by atoms with van der Waals surface area (Å²) in [7, 11) is 0. The molecule has 7 nitrogen and oxygen atoms in total. The average molecular weight is 385 g/mol. The van der Waals surface area contributed by atoms with Crippen molar-refractivity contribution in [2.75, 3.05) is 11.5 Å². The molecule has 1 aromatic carbocycles. The van der Waals surface area contributed by atoms with Crippen LogP contribution in [0.15, 0.2) is 56.3 Å².